The summed E-state index contributed by atoms with van der Waals surface area (Å²) in [6.45, 7) is 0.447. The first-order valence-corrected chi connectivity index (χ1v) is 7.95. The minimum atomic E-state index is -3.26. The molecule has 1 aliphatic carbocycles. The average molecular weight is 287 g/mol. The van der Waals surface area contributed by atoms with Crippen LogP contribution in [-0.2, 0) is 14.6 Å². The van der Waals surface area contributed by atoms with Crippen molar-refractivity contribution in [2.75, 3.05) is 26.5 Å². The molecule has 2 N–H and O–H groups in total. The molecule has 6 heteroatoms. The van der Waals surface area contributed by atoms with Crippen molar-refractivity contribution in [3.63, 3.8) is 0 Å². The largest absolute Gasteiger partial charge is 0.384 e. The molecule has 0 aliphatic heterocycles. The van der Waals surface area contributed by atoms with E-state index in [1.165, 1.54) is 25.5 Å². The average Bonchev–Trinajstić information content (AvgIpc) is 2.99. The molecule has 1 aromatic rings. The zero-order chi connectivity index (χ0) is 14.3. The molecular formula is C13H18FNO3S. The van der Waals surface area contributed by atoms with Crippen LogP contribution in [0.25, 0.3) is 0 Å². The van der Waals surface area contributed by atoms with Gasteiger partial charge in [-0.15, -0.1) is 0 Å². The SMILES string of the molecule is COC[C@@]1(CN)[C@H](c2cccc(F)c2)[C@@H]1S(C)(=O)=O. The van der Waals surface area contributed by atoms with Crippen LogP contribution in [0, 0.1) is 11.2 Å². The quantitative estimate of drug-likeness (QED) is 0.874. The van der Waals surface area contributed by atoms with Crippen LogP contribution in [0.3, 0.4) is 0 Å². The first-order valence-electron chi connectivity index (χ1n) is 6.00. The van der Waals surface area contributed by atoms with Gasteiger partial charge >= 0.3 is 0 Å². The Balaban J connectivity index is 2.44. The second-order valence-electron chi connectivity index (χ2n) is 5.15. The van der Waals surface area contributed by atoms with E-state index in [0.717, 1.165) is 0 Å². The van der Waals surface area contributed by atoms with E-state index < -0.39 is 20.5 Å². The molecule has 0 aromatic heterocycles. The fourth-order valence-electron chi connectivity index (χ4n) is 3.08. The van der Waals surface area contributed by atoms with Crippen molar-refractivity contribution in [3.05, 3.63) is 35.6 Å². The van der Waals surface area contributed by atoms with Crippen LogP contribution in [0.15, 0.2) is 24.3 Å². The Morgan fingerprint density at radius 2 is 2.16 bits per heavy atom. The fraction of sp³-hybridized carbons (Fsp3) is 0.538. The summed E-state index contributed by atoms with van der Waals surface area (Å²) in [5.41, 5.74) is 5.79. The molecule has 0 bridgehead atoms. The number of rotatable bonds is 5. The van der Waals surface area contributed by atoms with Gasteiger partial charge in [0.05, 0.1) is 11.9 Å². The van der Waals surface area contributed by atoms with Crippen LogP contribution < -0.4 is 5.73 Å². The van der Waals surface area contributed by atoms with E-state index in [1.807, 2.05) is 0 Å². The highest BCUT2D eigenvalue weighted by Gasteiger charge is 2.69. The van der Waals surface area contributed by atoms with Gasteiger partial charge in [-0.3, -0.25) is 0 Å². The lowest BCUT2D eigenvalue weighted by Gasteiger charge is -2.14. The number of methoxy groups -OCH3 is 1. The Bertz CT molecular complexity index is 575. The Labute approximate surface area is 112 Å². The van der Waals surface area contributed by atoms with Crippen molar-refractivity contribution in [2.24, 2.45) is 11.1 Å². The molecule has 2 rings (SSSR count). The van der Waals surface area contributed by atoms with Crippen LogP contribution in [0.1, 0.15) is 11.5 Å². The van der Waals surface area contributed by atoms with E-state index in [9.17, 15) is 12.8 Å². The van der Waals surface area contributed by atoms with Crippen molar-refractivity contribution < 1.29 is 17.5 Å². The predicted molar refractivity (Wildman–Crippen MR) is 71.1 cm³/mol. The number of ether oxygens (including phenoxy) is 1. The normalized spacial score (nSPS) is 30.3. The maximum absolute atomic E-state index is 13.3. The highest BCUT2D eigenvalue weighted by atomic mass is 32.2. The monoisotopic (exact) mass is 287 g/mol. The van der Waals surface area contributed by atoms with Crippen molar-refractivity contribution in [3.8, 4) is 0 Å². The molecule has 1 saturated carbocycles. The van der Waals surface area contributed by atoms with E-state index in [-0.39, 0.29) is 24.9 Å². The van der Waals surface area contributed by atoms with Crippen LogP contribution in [0.4, 0.5) is 4.39 Å². The fourth-order valence-corrected chi connectivity index (χ4v) is 5.08. The van der Waals surface area contributed by atoms with Gasteiger partial charge in [-0.2, -0.15) is 0 Å². The highest BCUT2D eigenvalue weighted by Crippen LogP contribution is 2.62. The molecule has 1 fully saturated rings. The Morgan fingerprint density at radius 3 is 2.63 bits per heavy atom. The zero-order valence-electron chi connectivity index (χ0n) is 11.0. The molecule has 0 heterocycles. The summed E-state index contributed by atoms with van der Waals surface area (Å²) in [4.78, 5) is 0. The summed E-state index contributed by atoms with van der Waals surface area (Å²) in [5, 5.41) is -0.605. The van der Waals surface area contributed by atoms with Gasteiger partial charge in [0.1, 0.15) is 5.82 Å². The van der Waals surface area contributed by atoms with E-state index in [4.69, 9.17) is 10.5 Å². The second kappa shape index (κ2) is 4.85. The number of sulfone groups is 1. The van der Waals surface area contributed by atoms with Crippen LogP contribution in [0.5, 0.6) is 0 Å². The van der Waals surface area contributed by atoms with E-state index in [0.29, 0.717) is 5.56 Å². The molecule has 106 valence electrons. The molecule has 4 nitrogen and oxygen atoms in total. The lowest BCUT2D eigenvalue weighted by Crippen LogP contribution is -2.28. The number of hydrogen-bond donors (Lipinski definition) is 1. The van der Waals surface area contributed by atoms with E-state index >= 15 is 0 Å². The van der Waals surface area contributed by atoms with Gasteiger partial charge in [-0.05, 0) is 17.7 Å². The van der Waals surface area contributed by atoms with Gasteiger partial charge in [0.2, 0.25) is 0 Å². The molecular weight excluding hydrogens is 269 g/mol. The topological polar surface area (TPSA) is 69.4 Å². The lowest BCUT2D eigenvalue weighted by molar-refractivity contribution is 0.142. The first-order chi connectivity index (χ1) is 8.86. The third-order valence-corrected chi connectivity index (χ3v) is 5.51. The maximum atomic E-state index is 13.3. The Morgan fingerprint density at radius 1 is 1.47 bits per heavy atom. The van der Waals surface area contributed by atoms with Gasteiger partial charge in [-0.1, -0.05) is 12.1 Å². The summed E-state index contributed by atoms with van der Waals surface area (Å²) >= 11 is 0. The van der Waals surface area contributed by atoms with Crippen LogP contribution >= 0.6 is 0 Å². The molecule has 0 unspecified atom stereocenters. The summed E-state index contributed by atoms with van der Waals surface area (Å²) in [6.07, 6.45) is 1.19. The lowest BCUT2D eigenvalue weighted by atomic mass is 10.00. The summed E-state index contributed by atoms with van der Waals surface area (Å²) in [7, 11) is -1.75. The number of hydrogen-bond acceptors (Lipinski definition) is 4. The summed E-state index contributed by atoms with van der Waals surface area (Å²) in [5.74, 6) is -0.678. The third-order valence-electron chi connectivity index (χ3n) is 3.84. The van der Waals surface area contributed by atoms with Crippen molar-refractivity contribution in [1.29, 1.82) is 0 Å². The second-order valence-corrected chi connectivity index (χ2v) is 7.32. The van der Waals surface area contributed by atoms with E-state index in [1.54, 1.807) is 12.1 Å². The first kappa shape index (κ1) is 14.4. The van der Waals surface area contributed by atoms with Crippen LogP contribution in [-0.4, -0.2) is 40.2 Å². The van der Waals surface area contributed by atoms with Crippen molar-refractivity contribution >= 4 is 9.84 Å². The molecule has 1 aliphatic rings. The highest BCUT2D eigenvalue weighted by molar-refractivity contribution is 7.91. The summed E-state index contributed by atoms with van der Waals surface area (Å²) < 4.78 is 42.3. The number of benzene rings is 1. The number of nitrogens with two attached hydrogens (primary N) is 1. The molecule has 0 spiro atoms. The minimum absolute atomic E-state index is 0.194. The smallest absolute Gasteiger partial charge is 0.151 e. The summed E-state index contributed by atoms with van der Waals surface area (Å²) in [6, 6.07) is 6.02. The van der Waals surface area contributed by atoms with Gasteiger partial charge in [0.15, 0.2) is 9.84 Å². The van der Waals surface area contributed by atoms with Gasteiger partial charge < -0.3 is 10.5 Å². The molecule has 0 amide bonds. The van der Waals surface area contributed by atoms with Gasteiger partial charge in [0.25, 0.3) is 0 Å². The van der Waals surface area contributed by atoms with Crippen molar-refractivity contribution in [1.82, 2.24) is 0 Å². The van der Waals surface area contributed by atoms with Gasteiger partial charge in [0, 0.05) is 31.2 Å². The Kier molecular flexibility index (Phi) is 3.68. The predicted octanol–water partition coefficient (Wildman–Crippen LogP) is 0.928. The minimum Gasteiger partial charge on any atom is -0.384 e. The standard InChI is InChI=1S/C13H18FNO3S/c1-18-8-13(7-15)11(12(13)19(2,16)17)9-4-3-5-10(14)6-9/h3-6,11-12H,7-8,15H2,1-2H3/t11-,12+,13+/m1/s1. The van der Waals surface area contributed by atoms with Crippen LogP contribution in [0.2, 0.25) is 0 Å². The maximum Gasteiger partial charge on any atom is 0.151 e. The van der Waals surface area contributed by atoms with Gasteiger partial charge in [-0.25, -0.2) is 12.8 Å². The molecule has 1 aromatic carbocycles. The number of halogens is 1. The van der Waals surface area contributed by atoms with Crippen molar-refractivity contribution in [2.45, 2.75) is 11.2 Å². The third kappa shape index (κ3) is 2.40. The Hall–Kier alpha value is -0.980. The molecule has 0 saturated heterocycles. The molecule has 0 radical (unpaired) electrons. The zero-order valence-corrected chi connectivity index (χ0v) is 11.8. The molecule has 3 atom stereocenters. The van der Waals surface area contributed by atoms with E-state index in [2.05, 4.69) is 0 Å². The molecule has 19 heavy (non-hydrogen) atoms.